The van der Waals surface area contributed by atoms with Crippen molar-refractivity contribution in [2.45, 2.75) is 19.1 Å². The summed E-state index contributed by atoms with van der Waals surface area (Å²) in [5.41, 5.74) is 4.75. The molecule has 136 valence electrons. The van der Waals surface area contributed by atoms with Gasteiger partial charge < -0.3 is 10.4 Å². The Labute approximate surface area is 158 Å². The normalized spacial score (nSPS) is 15.1. The molecule has 0 aliphatic carbocycles. The highest BCUT2D eigenvalue weighted by atomic mass is 16.3. The lowest BCUT2D eigenvalue weighted by Gasteiger charge is -2.30. The summed E-state index contributed by atoms with van der Waals surface area (Å²) >= 11 is 0. The number of hydrogen-bond donors (Lipinski definition) is 2. The molecule has 2 aromatic carbocycles. The minimum absolute atomic E-state index is 0.373. The van der Waals surface area contributed by atoms with Crippen molar-refractivity contribution in [3.63, 3.8) is 0 Å². The predicted octanol–water partition coefficient (Wildman–Crippen LogP) is 2.94. The van der Waals surface area contributed by atoms with E-state index in [0.29, 0.717) is 18.8 Å². The molecule has 0 saturated heterocycles. The fraction of sp³-hybridized carbons (Fsp3) is 0.273. The van der Waals surface area contributed by atoms with Gasteiger partial charge in [0.1, 0.15) is 11.8 Å². The first-order valence-corrected chi connectivity index (χ1v) is 9.24. The third kappa shape index (κ3) is 3.92. The summed E-state index contributed by atoms with van der Waals surface area (Å²) in [5, 5.41) is 24.0. The second kappa shape index (κ2) is 7.75. The Morgan fingerprint density at radius 1 is 1.15 bits per heavy atom. The van der Waals surface area contributed by atoms with Crippen LogP contribution in [0.4, 0.5) is 5.69 Å². The van der Waals surface area contributed by atoms with Gasteiger partial charge in [-0.1, -0.05) is 42.5 Å². The van der Waals surface area contributed by atoms with E-state index in [0.717, 1.165) is 36.1 Å². The number of aliphatic hydroxyl groups excluding tert-OH is 1. The Balaban J connectivity index is 1.41. The van der Waals surface area contributed by atoms with Gasteiger partial charge in [-0.25, -0.2) is 4.98 Å². The van der Waals surface area contributed by atoms with Crippen molar-refractivity contribution < 1.29 is 5.11 Å². The second-order valence-electron chi connectivity index (χ2n) is 6.97. The number of hydrogen-bond acceptors (Lipinski definition) is 5. The molecule has 27 heavy (non-hydrogen) atoms. The van der Waals surface area contributed by atoms with E-state index in [1.165, 1.54) is 11.1 Å². The molecular weight excluding hydrogens is 336 g/mol. The molecule has 1 atom stereocenters. The van der Waals surface area contributed by atoms with Crippen molar-refractivity contribution in [2.24, 2.45) is 0 Å². The van der Waals surface area contributed by atoms with E-state index in [9.17, 15) is 10.4 Å². The van der Waals surface area contributed by atoms with Crippen molar-refractivity contribution in [1.82, 2.24) is 9.88 Å². The Morgan fingerprint density at radius 2 is 1.93 bits per heavy atom. The summed E-state index contributed by atoms with van der Waals surface area (Å²) in [5.74, 6) is 0. The second-order valence-corrected chi connectivity index (χ2v) is 6.97. The SMILES string of the molecule is N#Cc1cc(NCC(O)CN2CCc3ccccc3C2)c2ccccc2n1. The van der Waals surface area contributed by atoms with Crippen molar-refractivity contribution >= 4 is 16.6 Å². The number of aliphatic hydroxyl groups is 1. The maximum Gasteiger partial charge on any atom is 0.143 e. The number of pyridine rings is 1. The summed E-state index contributed by atoms with van der Waals surface area (Å²) in [6.07, 6.45) is 0.532. The molecule has 2 N–H and O–H groups in total. The van der Waals surface area contributed by atoms with E-state index in [2.05, 4.69) is 45.5 Å². The maximum atomic E-state index is 10.5. The standard InChI is InChI=1S/C22H22N4O/c23-12-18-11-22(20-7-3-4-8-21(20)25-18)24-13-19(27)15-26-10-9-16-5-1-2-6-17(16)14-26/h1-8,11,19,27H,9-10,13-15H2,(H,24,25). The number of β-amino-alcohol motifs (C(OH)–C–C–N with tert-alkyl or cyclic N) is 1. The van der Waals surface area contributed by atoms with Gasteiger partial charge in [-0.3, -0.25) is 4.90 Å². The van der Waals surface area contributed by atoms with Crippen molar-refractivity contribution in [3.8, 4) is 6.07 Å². The average Bonchev–Trinajstić information content (AvgIpc) is 2.71. The minimum atomic E-state index is -0.493. The Morgan fingerprint density at radius 3 is 2.78 bits per heavy atom. The molecule has 0 amide bonds. The van der Waals surface area contributed by atoms with Crippen molar-refractivity contribution in [1.29, 1.82) is 5.26 Å². The van der Waals surface area contributed by atoms with Gasteiger partial charge in [0.25, 0.3) is 0 Å². The lowest BCUT2D eigenvalue weighted by molar-refractivity contribution is 0.114. The number of benzene rings is 2. The first-order valence-electron chi connectivity index (χ1n) is 9.24. The molecule has 5 nitrogen and oxygen atoms in total. The number of rotatable bonds is 5. The van der Waals surface area contributed by atoms with Crippen LogP contribution in [0.3, 0.4) is 0 Å². The van der Waals surface area contributed by atoms with Gasteiger partial charge in [-0.05, 0) is 29.7 Å². The monoisotopic (exact) mass is 358 g/mol. The molecular formula is C22H22N4O. The molecule has 4 rings (SSSR count). The Bertz CT molecular complexity index is 995. The van der Waals surface area contributed by atoms with Crippen molar-refractivity contribution in [3.05, 3.63) is 71.4 Å². The highest BCUT2D eigenvalue weighted by molar-refractivity contribution is 5.91. The van der Waals surface area contributed by atoms with Crippen LogP contribution in [0.15, 0.2) is 54.6 Å². The summed E-state index contributed by atoms with van der Waals surface area (Å²) in [7, 11) is 0. The number of nitrogens with zero attached hydrogens (tertiary/aromatic N) is 3. The Kier molecular flexibility index (Phi) is 5.01. The molecule has 5 heteroatoms. The van der Waals surface area contributed by atoms with Crippen LogP contribution in [0.5, 0.6) is 0 Å². The zero-order chi connectivity index (χ0) is 18.6. The molecule has 0 saturated carbocycles. The lowest BCUT2D eigenvalue weighted by Crippen LogP contribution is -2.39. The molecule has 3 aromatic rings. The maximum absolute atomic E-state index is 10.5. The van der Waals surface area contributed by atoms with Gasteiger partial charge in [0.05, 0.1) is 11.6 Å². The van der Waals surface area contributed by atoms with E-state index in [1.807, 2.05) is 24.3 Å². The van der Waals surface area contributed by atoms with Crippen LogP contribution in [0, 0.1) is 11.3 Å². The van der Waals surface area contributed by atoms with Gasteiger partial charge in [0.2, 0.25) is 0 Å². The zero-order valence-corrected chi connectivity index (χ0v) is 15.1. The first-order chi connectivity index (χ1) is 13.2. The molecule has 1 aliphatic heterocycles. The molecule has 0 radical (unpaired) electrons. The van der Waals surface area contributed by atoms with Gasteiger partial charge in [-0.15, -0.1) is 0 Å². The van der Waals surface area contributed by atoms with E-state index in [4.69, 9.17) is 0 Å². The summed E-state index contributed by atoms with van der Waals surface area (Å²) in [6.45, 7) is 2.89. The highest BCUT2D eigenvalue weighted by Crippen LogP contribution is 2.23. The Hall–Kier alpha value is -2.94. The number of para-hydroxylation sites is 1. The number of nitrogens with one attached hydrogen (secondary N) is 1. The smallest absolute Gasteiger partial charge is 0.143 e. The molecule has 2 heterocycles. The van der Waals surface area contributed by atoms with Gasteiger partial charge >= 0.3 is 0 Å². The van der Waals surface area contributed by atoms with Crippen LogP contribution in [-0.2, 0) is 13.0 Å². The van der Waals surface area contributed by atoms with Crippen LogP contribution >= 0.6 is 0 Å². The fourth-order valence-corrected chi connectivity index (χ4v) is 3.68. The van der Waals surface area contributed by atoms with Gasteiger partial charge in [-0.2, -0.15) is 5.26 Å². The molecule has 0 bridgehead atoms. The zero-order valence-electron chi connectivity index (χ0n) is 15.1. The molecule has 1 aromatic heterocycles. The number of nitriles is 1. The largest absolute Gasteiger partial charge is 0.390 e. The number of aromatic nitrogens is 1. The molecule has 1 unspecified atom stereocenters. The first kappa shape index (κ1) is 17.5. The fourth-order valence-electron chi connectivity index (χ4n) is 3.68. The van der Waals surface area contributed by atoms with E-state index >= 15 is 0 Å². The van der Waals surface area contributed by atoms with E-state index < -0.39 is 6.10 Å². The lowest BCUT2D eigenvalue weighted by atomic mass is 10.00. The summed E-state index contributed by atoms with van der Waals surface area (Å²) < 4.78 is 0. The van der Waals surface area contributed by atoms with Crippen LogP contribution in [0.2, 0.25) is 0 Å². The molecule has 1 aliphatic rings. The van der Waals surface area contributed by atoms with E-state index in [1.54, 1.807) is 6.07 Å². The number of fused-ring (bicyclic) bond motifs is 2. The van der Waals surface area contributed by atoms with Gasteiger partial charge in [0.15, 0.2) is 0 Å². The van der Waals surface area contributed by atoms with Crippen molar-refractivity contribution in [2.75, 3.05) is 25.0 Å². The quantitative estimate of drug-likeness (QED) is 0.734. The number of anilines is 1. The van der Waals surface area contributed by atoms with Crippen LogP contribution in [0.25, 0.3) is 10.9 Å². The third-order valence-corrected chi connectivity index (χ3v) is 5.04. The highest BCUT2D eigenvalue weighted by Gasteiger charge is 2.18. The summed E-state index contributed by atoms with van der Waals surface area (Å²) in [6, 6.07) is 20.1. The topological polar surface area (TPSA) is 72.2 Å². The van der Waals surface area contributed by atoms with Crippen LogP contribution in [-0.4, -0.2) is 40.7 Å². The van der Waals surface area contributed by atoms with Crippen LogP contribution < -0.4 is 5.32 Å². The minimum Gasteiger partial charge on any atom is -0.390 e. The van der Waals surface area contributed by atoms with E-state index in [-0.39, 0.29) is 0 Å². The average molecular weight is 358 g/mol. The van der Waals surface area contributed by atoms with Crippen LogP contribution in [0.1, 0.15) is 16.8 Å². The van der Waals surface area contributed by atoms with Gasteiger partial charge in [0, 0.05) is 37.3 Å². The molecule has 0 fully saturated rings. The predicted molar refractivity (Wildman–Crippen MR) is 106 cm³/mol. The molecule has 0 spiro atoms. The third-order valence-electron chi connectivity index (χ3n) is 5.04. The summed E-state index contributed by atoms with van der Waals surface area (Å²) in [4.78, 5) is 6.62.